The minimum absolute atomic E-state index is 0.0713. The van der Waals surface area contributed by atoms with Crippen LogP contribution in [0, 0.1) is 6.92 Å². The number of halogens is 2. The van der Waals surface area contributed by atoms with Crippen molar-refractivity contribution < 1.29 is 8.42 Å². The van der Waals surface area contributed by atoms with Gasteiger partial charge in [-0.15, -0.1) is 0 Å². The fraction of sp³-hybridized carbons (Fsp3) is 0.0435. The van der Waals surface area contributed by atoms with E-state index in [0.29, 0.717) is 10.0 Å². The molecule has 0 unspecified atom stereocenters. The number of nitrogens with zero attached hydrogens (tertiary/aromatic N) is 1. The normalized spacial score (nSPS) is 11.6. The van der Waals surface area contributed by atoms with Gasteiger partial charge < -0.3 is 4.57 Å². The second-order valence-corrected chi connectivity index (χ2v) is 9.37. The first-order valence-corrected chi connectivity index (χ1v) is 11.4. The third-order valence-electron chi connectivity index (χ3n) is 4.88. The number of sulfonamides is 1. The van der Waals surface area contributed by atoms with E-state index in [1.54, 1.807) is 12.1 Å². The minimum atomic E-state index is -3.76. The minimum Gasteiger partial charge on any atom is -0.313 e. The fourth-order valence-corrected chi connectivity index (χ4v) is 4.27. The molecule has 1 heterocycles. The Labute approximate surface area is 185 Å². The van der Waals surface area contributed by atoms with Crippen LogP contribution in [0.3, 0.4) is 0 Å². The smallest absolute Gasteiger partial charge is 0.238 e. The van der Waals surface area contributed by atoms with Gasteiger partial charge in [-0.1, -0.05) is 47.5 Å². The van der Waals surface area contributed by atoms with Gasteiger partial charge in [-0.05, 0) is 72.6 Å². The number of nitrogens with two attached hydrogens (primary N) is 1. The zero-order chi connectivity index (χ0) is 21.5. The van der Waals surface area contributed by atoms with Gasteiger partial charge in [-0.3, -0.25) is 0 Å². The van der Waals surface area contributed by atoms with E-state index in [1.165, 1.54) is 12.1 Å². The number of aryl methyl sites for hydroxylation is 1. The summed E-state index contributed by atoms with van der Waals surface area (Å²) < 4.78 is 25.3. The van der Waals surface area contributed by atoms with Crippen molar-refractivity contribution in [1.29, 1.82) is 0 Å². The summed E-state index contributed by atoms with van der Waals surface area (Å²) in [6.07, 6.45) is 0. The molecule has 0 atom stereocenters. The van der Waals surface area contributed by atoms with Gasteiger partial charge in [0.05, 0.1) is 10.6 Å². The lowest BCUT2D eigenvalue weighted by molar-refractivity contribution is 0.598. The predicted octanol–water partition coefficient (Wildman–Crippen LogP) is 6.07. The summed E-state index contributed by atoms with van der Waals surface area (Å²) in [6.45, 7) is 2.01. The first-order chi connectivity index (χ1) is 14.2. The van der Waals surface area contributed by atoms with Crippen LogP contribution in [0.2, 0.25) is 10.0 Å². The van der Waals surface area contributed by atoms with Crippen LogP contribution >= 0.6 is 23.2 Å². The Morgan fingerprint density at radius 3 is 1.77 bits per heavy atom. The van der Waals surface area contributed by atoms with Crippen molar-refractivity contribution in [3.8, 4) is 28.1 Å². The molecule has 30 heavy (non-hydrogen) atoms. The third-order valence-corrected chi connectivity index (χ3v) is 6.31. The summed E-state index contributed by atoms with van der Waals surface area (Å²) in [5.41, 5.74) is 5.82. The molecular weight excluding hydrogens is 439 g/mol. The number of rotatable bonds is 4. The molecule has 152 valence electrons. The Morgan fingerprint density at radius 2 is 1.27 bits per heavy atom. The highest BCUT2D eigenvalue weighted by molar-refractivity contribution is 7.89. The molecule has 0 bridgehead atoms. The van der Waals surface area contributed by atoms with Gasteiger partial charge in [0, 0.05) is 27.0 Å². The van der Waals surface area contributed by atoms with Crippen LogP contribution in [0.4, 0.5) is 0 Å². The fourth-order valence-electron chi connectivity index (χ4n) is 3.50. The van der Waals surface area contributed by atoms with E-state index in [9.17, 15) is 8.42 Å². The first kappa shape index (κ1) is 20.7. The summed E-state index contributed by atoms with van der Waals surface area (Å²) in [5.74, 6) is 0. The summed E-state index contributed by atoms with van der Waals surface area (Å²) in [5, 5.41) is 6.57. The Morgan fingerprint density at radius 1 is 0.767 bits per heavy atom. The second-order valence-electron chi connectivity index (χ2n) is 6.94. The maximum absolute atomic E-state index is 11.6. The Kier molecular flexibility index (Phi) is 5.47. The van der Waals surface area contributed by atoms with Crippen LogP contribution in [-0.2, 0) is 10.0 Å². The Bertz CT molecular complexity index is 1310. The Balaban J connectivity index is 1.96. The van der Waals surface area contributed by atoms with Crippen LogP contribution in [0.25, 0.3) is 28.1 Å². The zero-order valence-electron chi connectivity index (χ0n) is 16.0. The van der Waals surface area contributed by atoms with E-state index < -0.39 is 10.0 Å². The van der Waals surface area contributed by atoms with Crippen molar-refractivity contribution in [2.75, 3.05) is 0 Å². The van der Waals surface area contributed by atoms with Crippen molar-refractivity contribution in [2.24, 2.45) is 5.14 Å². The zero-order valence-corrected chi connectivity index (χ0v) is 18.3. The molecule has 7 heteroatoms. The average molecular weight is 457 g/mol. The number of primary sulfonamides is 1. The average Bonchev–Trinajstić information content (AvgIpc) is 3.05. The van der Waals surface area contributed by atoms with Gasteiger partial charge in [-0.2, -0.15) is 0 Å². The second kappa shape index (κ2) is 7.93. The molecule has 1 aromatic heterocycles. The highest BCUT2D eigenvalue weighted by atomic mass is 35.5. The van der Waals surface area contributed by atoms with Gasteiger partial charge in [0.15, 0.2) is 0 Å². The molecular formula is C23H18Cl2N2O2S. The van der Waals surface area contributed by atoms with Crippen LogP contribution < -0.4 is 5.14 Å². The lowest BCUT2D eigenvalue weighted by atomic mass is 10.0. The van der Waals surface area contributed by atoms with E-state index in [4.69, 9.17) is 28.3 Å². The number of hydrogen-bond donors (Lipinski definition) is 1. The summed E-state index contributed by atoms with van der Waals surface area (Å²) in [6, 6.07) is 23.9. The molecule has 4 rings (SSSR count). The topological polar surface area (TPSA) is 65.1 Å². The molecule has 0 spiro atoms. The van der Waals surface area contributed by atoms with Crippen molar-refractivity contribution in [3.05, 3.63) is 94.6 Å². The van der Waals surface area contributed by atoms with Crippen LogP contribution in [-0.4, -0.2) is 13.0 Å². The number of aromatic nitrogens is 1. The van der Waals surface area contributed by atoms with Gasteiger partial charge in [-0.25, -0.2) is 13.6 Å². The first-order valence-electron chi connectivity index (χ1n) is 9.11. The molecule has 0 saturated carbocycles. The van der Waals surface area contributed by atoms with Crippen LogP contribution in [0.15, 0.2) is 83.8 Å². The maximum Gasteiger partial charge on any atom is 0.238 e. The monoisotopic (exact) mass is 456 g/mol. The molecule has 0 aliphatic heterocycles. The van der Waals surface area contributed by atoms with Gasteiger partial charge in [0.25, 0.3) is 0 Å². The summed E-state index contributed by atoms with van der Waals surface area (Å²) >= 11 is 12.2. The molecule has 0 aliphatic rings. The standard InChI is InChI=1S/C23H18Cl2N2O2S/c1-15-14-22(16-2-6-18(24)7-3-16)23(17-4-8-19(25)9-5-17)27(15)20-10-12-21(13-11-20)30(26,28)29/h2-14H,1H3,(H2,26,28,29). The molecule has 0 fully saturated rings. The molecule has 0 amide bonds. The lowest BCUT2D eigenvalue weighted by Crippen LogP contribution is -2.12. The van der Waals surface area contributed by atoms with Gasteiger partial charge >= 0.3 is 0 Å². The van der Waals surface area contributed by atoms with Crippen LogP contribution in [0.1, 0.15) is 5.69 Å². The van der Waals surface area contributed by atoms with Gasteiger partial charge in [0.1, 0.15) is 0 Å². The molecule has 0 radical (unpaired) electrons. The van der Waals surface area contributed by atoms with E-state index >= 15 is 0 Å². The van der Waals surface area contributed by atoms with E-state index in [1.807, 2.05) is 55.5 Å². The molecule has 0 aliphatic carbocycles. The Hall–Kier alpha value is -2.57. The molecule has 0 saturated heterocycles. The van der Waals surface area contributed by atoms with Crippen LogP contribution in [0.5, 0.6) is 0 Å². The quantitative estimate of drug-likeness (QED) is 0.404. The van der Waals surface area contributed by atoms with Crippen molar-refractivity contribution in [3.63, 3.8) is 0 Å². The third kappa shape index (κ3) is 4.02. The molecule has 2 N–H and O–H groups in total. The predicted molar refractivity (Wildman–Crippen MR) is 123 cm³/mol. The largest absolute Gasteiger partial charge is 0.313 e. The maximum atomic E-state index is 11.6. The van der Waals surface area contributed by atoms with E-state index in [-0.39, 0.29) is 4.90 Å². The van der Waals surface area contributed by atoms with E-state index in [2.05, 4.69) is 10.6 Å². The SMILES string of the molecule is Cc1cc(-c2ccc(Cl)cc2)c(-c2ccc(Cl)cc2)n1-c1ccc(S(N)(=O)=O)cc1. The lowest BCUT2D eigenvalue weighted by Gasteiger charge is -2.15. The molecule has 3 aromatic carbocycles. The highest BCUT2D eigenvalue weighted by Gasteiger charge is 2.18. The molecule has 4 aromatic rings. The van der Waals surface area contributed by atoms with E-state index in [0.717, 1.165) is 33.8 Å². The van der Waals surface area contributed by atoms with Crippen molar-refractivity contribution in [2.45, 2.75) is 11.8 Å². The van der Waals surface area contributed by atoms with Gasteiger partial charge in [0.2, 0.25) is 10.0 Å². The number of hydrogen-bond acceptors (Lipinski definition) is 2. The summed E-state index contributed by atoms with van der Waals surface area (Å²) in [4.78, 5) is 0.0713. The molecule has 4 nitrogen and oxygen atoms in total. The van der Waals surface area contributed by atoms with Crippen molar-refractivity contribution >= 4 is 33.2 Å². The number of benzene rings is 3. The van der Waals surface area contributed by atoms with Crippen molar-refractivity contribution in [1.82, 2.24) is 4.57 Å². The summed E-state index contributed by atoms with van der Waals surface area (Å²) in [7, 11) is -3.76. The highest BCUT2D eigenvalue weighted by Crippen LogP contribution is 2.38.